The van der Waals surface area contributed by atoms with E-state index < -0.39 is 0 Å². The molecule has 0 radical (unpaired) electrons. The van der Waals surface area contributed by atoms with Gasteiger partial charge in [0.1, 0.15) is 5.52 Å². The van der Waals surface area contributed by atoms with Crippen molar-refractivity contribution < 1.29 is 13.9 Å². The van der Waals surface area contributed by atoms with Gasteiger partial charge in [0.2, 0.25) is 0 Å². The topological polar surface area (TPSA) is 64.4 Å². The molecular weight excluding hydrogens is 232 g/mol. The van der Waals surface area contributed by atoms with Gasteiger partial charge in [-0.3, -0.25) is 4.79 Å². The molecule has 5 nitrogen and oxygen atoms in total. The summed E-state index contributed by atoms with van der Waals surface area (Å²) >= 11 is 0. The zero-order valence-corrected chi connectivity index (χ0v) is 10.5. The van der Waals surface area contributed by atoms with E-state index in [-0.39, 0.29) is 5.97 Å². The number of esters is 1. The number of hydrogen-bond donors (Lipinski definition) is 1. The van der Waals surface area contributed by atoms with Crippen LogP contribution >= 0.6 is 0 Å². The molecule has 96 valence electrons. The van der Waals surface area contributed by atoms with Gasteiger partial charge in [-0.05, 0) is 24.6 Å². The van der Waals surface area contributed by atoms with Crippen LogP contribution in [0.5, 0.6) is 0 Å². The van der Waals surface area contributed by atoms with E-state index in [4.69, 9.17) is 4.42 Å². The van der Waals surface area contributed by atoms with Crippen molar-refractivity contribution in [3.8, 4) is 0 Å². The maximum absolute atomic E-state index is 10.9. The van der Waals surface area contributed by atoms with Gasteiger partial charge in [0.15, 0.2) is 11.5 Å². The monoisotopic (exact) mass is 248 g/mol. The second-order valence-electron chi connectivity index (χ2n) is 4.02. The molecule has 0 amide bonds. The molecule has 2 rings (SSSR count). The van der Waals surface area contributed by atoms with Gasteiger partial charge in [-0.1, -0.05) is 0 Å². The maximum atomic E-state index is 10.9. The zero-order chi connectivity index (χ0) is 13.0. The van der Waals surface area contributed by atoms with Crippen molar-refractivity contribution in [3.63, 3.8) is 0 Å². The number of aryl methyl sites for hydroxylation is 1. The van der Waals surface area contributed by atoms with E-state index in [2.05, 4.69) is 15.0 Å². The fourth-order valence-corrected chi connectivity index (χ4v) is 1.72. The van der Waals surface area contributed by atoms with E-state index in [1.54, 1.807) is 0 Å². The second-order valence-corrected chi connectivity index (χ2v) is 4.02. The van der Waals surface area contributed by atoms with E-state index in [1.807, 2.05) is 25.1 Å². The number of nitrogens with zero attached hydrogens (tertiary/aromatic N) is 1. The third kappa shape index (κ3) is 3.00. The summed E-state index contributed by atoms with van der Waals surface area (Å²) in [4.78, 5) is 15.2. The average Bonchev–Trinajstić information content (AvgIpc) is 2.73. The third-order valence-corrected chi connectivity index (χ3v) is 2.61. The summed E-state index contributed by atoms with van der Waals surface area (Å²) in [6, 6.07) is 5.76. The maximum Gasteiger partial charge on any atom is 0.305 e. The Balaban J connectivity index is 1.89. The molecule has 0 aliphatic heterocycles. The summed E-state index contributed by atoms with van der Waals surface area (Å²) in [6.07, 6.45) is 1.16. The van der Waals surface area contributed by atoms with Gasteiger partial charge >= 0.3 is 5.97 Å². The Labute approximate surface area is 105 Å². The van der Waals surface area contributed by atoms with E-state index in [1.165, 1.54) is 7.11 Å². The molecule has 5 heteroatoms. The molecule has 1 aromatic heterocycles. The summed E-state index contributed by atoms with van der Waals surface area (Å²) in [6.45, 7) is 2.54. The Morgan fingerprint density at radius 3 is 3.11 bits per heavy atom. The molecule has 0 aliphatic rings. The first-order valence-corrected chi connectivity index (χ1v) is 5.87. The van der Waals surface area contributed by atoms with Gasteiger partial charge in [0.05, 0.1) is 7.11 Å². The SMILES string of the molecule is COC(=O)CCCNc1ccc2oc(C)nc2c1. The van der Waals surface area contributed by atoms with Crippen molar-refractivity contribution in [3.05, 3.63) is 24.1 Å². The summed E-state index contributed by atoms with van der Waals surface area (Å²) in [7, 11) is 1.40. The van der Waals surface area contributed by atoms with E-state index in [0.29, 0.717) is 12.3 Å². The number of oxazole rings is 1. The quantitative estimate of drug-likeness (QED) is 0.650. The van der Waals surface area contributed by atoms with Gasteiger partial charge in [-0.15, -0.1) is 0 Å². The highest BCUT2D eigenvalue weighted by Gasteiger charge is 2.03. The molecular formula is C13H16N2O3. The minimum atomic E-state index is -0.181. The highest BCUT2D eigenvalue weighted by molar-refractivity contribution is 5.77. The molecule has 1 heterocycles. The minimum Gasteiger partial charge on any atom is -0.469 e. The number of rotatable bonds is 5. The molecule has 0 spiro atoms. The number of carbonyl (C=O) groups is 1. The van der Waals surface area contributed by atoms with Gasteiger partial charge in [0, 0.05) is 25.6 Å². The Hall–Kier alpha value is -2.04. The number of benzene rings is 1. The fourth-order valence-electron chi connectivity index (χ4n) is 1.72. The van der Waals surface area contributed by atoms with Crippen LogP contribution in [0.25, 0.3) is 11.1 Å². The van der Waals surface area contributed by atoms with Crippen molar-refractivity contribution in [2.24, 2.45) is 0 Å². The molecule has 0 saturated heterocycles. The molecule has 2 aromatic rings. The lowest BCUT2D eigenvalue weighted by molar-refractivity contribution is -0.140. The van der Waals surface area contributed by atoms with Crippen molar-refractivity contribution >= 4 is 22.8 Å². The van der Waals surface area contributed by atoms with E-state index >= 15 is 0 Å². The van der Waals surface area contributed by atoms with Crippen molar-refractivity contribution in [1.29, 1.82) is 0 Å². The molecule has 0 fully saturated rings. The van der Waals surface area contributed by atoms with Crippen LogP contribution in [-0.4, -0.2) is 24.6 Å². The number of carbonyl (C=O) groups excluding carboxylic acids is 1. The van der Waals surface area contributed by atoms with Crippen LogP contribution in [0.15, 0.2) is 22.6 Å². The van der Waals surface area contributed by atoms with Crippen LogP contribution in [-0.2, 0) is 9.53 Å². The van der Waals surface area contributed by atoms with Gasteiger partial charge in [-0.2, -0.15) is 0 Å². The molecule has 0 unspecified atom stereocenters. The number of nitrogens with one attached hydrogen (secondary N) is 1. The zero-order valence-electron chi connectivity index (χ0n) is 10.5. The number of aromatic nitrogens is 1. The molecule has 0 saturated carbocycles. The first-order valence-electron chi connectivity index (χ1n) is 5.87. The predicted octanol–water partition coefficient (Wildman–Crippen LogP) is 2.50. The number of methoxy groups -OCH3 is 1. The fraction of sp³-hybridized carbons (Fsp3) is 0.385. The number of anilines is 1. The lowest BCUT2D eigenvalue weighted by Crippen LogP contribution is -2.06. The molecule has 1 N–H and O–H groups in total. The normalized spacial score (nSPS) is 10.6. The van der Waals surface area contributed by atoms with E-state index in [0.717, 1.165) is 29.8 Å². The largest absolute Gasteiger partial charge is 0.469 e. The van der Waals surface area contributed by atoms with Crippen LogP contribution in [0.2, 0.25) is 0 Å². The summed E-state index contributed by atoms with van der Waals surface area (Å²) < 4.78 is 9.97. The van der Waals surface area contributed by atoms with Gasteiger partial charge < -0.3 is 14.5 Å². The summed E-state index contributed by atoms with van der Waals surface area (Å²) in [5.41, 5.74) is 2.60. The van der Waals surface area contributed by atoms with E-state index in [9.17, 15) is 4.79 Å². The van der Waals surface area contributed by atoms with Crippen LogP contribution in [0.1, 0.15) is 18.7 Å². The van der Waals surface area contributed by atoms with Crippen LogP contribution in [0.3, 0.4) is 0 Å². The number of hydrogen-bond acceptors (Lipinski definition) is 5. The number of fused-ring (bicyclic) bond motifs is 1. The Kier molecular flexibility index (Phi) is 3.82. The number of ether oxygens (including phenoxy) is 1. The molecule has 0 atom stereocenters. The third-order valence-electron chi connectivity index (χ3n) is 2.61. The molecule has 1 aromatic carbocycles. The first kappa shape index (κ1) is 12.4. The van der Waals surface area contributed by atoms with Crippen LogP contribution in [0.4, 0.5) is 5.69 Å². The van der Waals surface area contributed by atoms with Crippen LogP contribution < -0.4 is 5.32 Å². The smallest absolute Gasteiger partial charge is 0.305 e. The lowest BCUT2D eigenvalue weighted by atomic mass is 10.2. The Bertz CT molecular complexity index is 548. The lowest BCUT2D eigenvalue weighted by Gasteiger charge is -2.05. The van der Waals surface area contributed by atoms with Crippen molar-refractivity contribution in [1.82, 2.24) is 4.98 Å². The van der Waals surface area contributed by atoms with Gasteiger partial charge in [-0.25, -0.2) is 4.98 Å². The summed E-state index contributed by atoms with van der Waals surface area (Å²) in [5, 5.41) is 3.24. The molecule has 0 bridgehead atoms. The van der Waals surface area contributed by atoms with Crippen molar-refractivity contribution in [2.75, 3.05) is 19.0 Å². The summed E-state index contributed by atoms with van der Waals surface area (Å²) in [5.74, 6) is 0.479. The highest BCUT2D eigenvalue weighted by atomic mass is 16.5. The standard InChI is InChI=1S/C13H16N2O3/c1-9-15-11-8-10(5-6-12(11)18-9)14-7-3-4-13(16)17-2/h5-6,8,14H,3-4,7H2,1-2H3. The minimum absolute atomic E-state index is 0.181. The second kappa shape index (κ2) is 5.53. The van der Waals surface area contributed by atoms with Gasteiger partial charge in [0.25, 0.3) is 0 Å². The molecule has 18 heavy (non-hydrogen) atoms. The Morgan fingerprint density at radius 1 is 1.50 bits per heavy atom. The predicted molar refractivity (Wildman–Crippen MR) is 68.5 cm³/mol. The highest BCUT2D eigenvalue weighted by Crippen LogP contribution is 2.19. The average molecular weight is 248 g/mol. The van der Waals surface area contributed by atoms with Crippen LogP contribution in [0, 0.1) is 6.92 Å². The Morgan fingerprint density at radius 2 is 2.33 bits per heavy atom. The first-order chi connectivity index (χ1) is 8.69. The molecule has 0 aliphatic carbocycles. The van der Waals surface area contributed by atoms with Crippen molar-refractivity contribution in [2.45, 2.75) is 19.8 Å².